The third kappa shape index (κ3) is 3.27. The van der Waals surface area contributed by atoms with Gasteiger partial charge in [-0.15, -0.1) is 0 Å². The number of aliphatic hydroxyl groups excluding tert-OH is 1. The van der Waals surface area contributed by atoms with E-state index in [0.717, 1.165) is 31.2 Å². The fourth-order valence-electron chi connectivity index (χ4n) is 2.43. The van der Waals surface area contributed by atoms with Gasteiger partial charge in [0, 0.05) is 18.2 Å². The topological polar surface area (TPSA) is 32.3 Å². The van der Waals surface area contributed by atoms with Crippen LogP contribution < -0.4 is 5.32 Å². The Hall–Kier alpha value is -0.930. The number of aliphatic hydroxyl groups is 1. The molecule has 17 heavy (non-hydrogen) atoms. The van der Waals surface area contributed by atoms with E-state index < -0.39 is 0 Å². The number of hydrogen-bond acceptors (Lipinski definition) is 2. The Morgan fingerprint density at radius 2 is 2.12 bits per heavy atom. The summed E-state index contributed by atoms with van der Waals surface area (Å²) in [5, 5.41) is 13.1. The lowest BCUT2D eigenvalue weighted by Gasteiger charge is -2.28. The molecule has 2 nitrogen and oxygen atoms in total. The molecule has 2 atom stereocenters. The van der Waals surface area contributed by atoms with Gasteiger partial charge in [0.25, 0.3) is 0 Å². The van der Waals surface area contributed by atoms with Gasteiger partial charge < -0.3 is 10.4 Å². The number of benzene rings is 1. The molecule has 0 aromatic heterocycles. The van der Waals surface area contributed by atoms with Crippen LogP contribution in [0.1, 0.15) is 36.8 Å². The maximum Gasteiger partial charge on any atom is 0.127 e. The lowest BCUT2D eigenvalue weighted by Crippen LogP contribution is -2.41. The normalized spacial score (nSPS) is 24.9. The zero-order chi connectivity index (χ0) is 12.3. The summed E-state index contributed by atoms with van der Waals surface area (Å²) in [5.41, 5.74) is 1.75. The monoisotopic (exact) mass is 237 g/mol. The van der Waals surface area contributed by atoms with Gasteiger partial charge in [-0.05, 0) is 25.8 Å². The van der Waals surface area contributed by atoms with Crippen molar-refractivity contribution in [2.45, 2.75) is 51.3 Å². The molecule has 1 aromatic rings. The minimum Gasteiger partial charge on any atom is -0.392 e. The van der Waals surface area contributed by atoms with Crippen LogP contribution >= 0.6 is 0 Å². The largest absolute Gasteiger partial charge is 0.392 e. The van der Waals surface area contributed by atoms with Gasteiger partial charge in [0.05, 0.1) is 6.10 Å². The van der Waals surface area contributed by atoms with E-state index in [4.69, 9.17) is 0 Å². The third-order valence-corrected chi connectivity index (χ3v) is 3.49. The average molecular weight is 237 g/mol. The molecule has 0 saturated heterocycles. The van der Waals surface area contributed by atoms with Gasteiger partial charge in [-0.1, -0.05) is 30.5 Å². The first kappa shape index (κ1) is 12.5. The van der Waals surface area contributed by atoms with Crippen molar-refractivity contribution in [3.63, 3.8) is 0 Å². The molecular weight excluding hydrogens is 217 g/mol. The second kappa shape index (κ2) is 5.61. The summed E-state index contributed by atoms with van der Waals surface area (Å²) < 4.78 is 13.5. The number of hydrogen-bond donors (Lipinski definition) is 2. The number of nitrogens with one attached hydrogen (secondary N) is 1. The Balaban J connectivity index is 1.94. The second-order valence-electron chi connectivity index (χ2n) is 4.93. The van der Waals surface area contributed by atoms with Crippen LogP contribution in [0.15, 0.2) is 18.2 Å². The van der Waals surface area contributed by atoms with Gasteiger partial charge >= 0.3 is 0 Å². The van der Waals surface area contributed by atoms with Crippen LogP contribution in [0.5, 0.6) is 0 Å². The van der Waals surface area contributed by atoms with Crippen LogP contribution in [0.3, 0.4) is 0 Å². The summed E-state index contributed by atoms with van der Waals surface area (Å²) in [4.78, 5) is 0. The SMILES string of the molecule is Cc1ccc(F)c(CNC2CCCCC2O)c1. The minimum absolute atomic E-state index is 0.115. The Morgan fingerprint density at radius 3 is 2.88 bits per heavy atom. The van der Waals surface area contributed by atoms with Gasteiger partial charge in [-0.25, -0.2) is 4.39 Å². The molecule has 0 aliphatic heterocycles. The first-order valence-electron chi connectivity index (χ1n) is 6.33. The molecule has 2 unspecified atom stereocenters. The van der Waals surface area contributed by atoms with Gasteiger partial charge in [0.15, 0.2) is 0 Å². The Bertz CT molecular complexity index is 380. The van der Waals surface area contributed by atoms with Crippen LogP contribution in [-0.2, 0) is 6.54 Å². The van der Waals surface area contributed by atoms with Crippen LogP contribution in [0.2, 0.25) is 0 Å². The molecule has 1 aliphatic rings. The van der Waals surface area contributed by atoms with E-state index in [1.165, 1.54) is 6.07 Å². The van der Waals surface area contributed by atoms with E-state index in [0.29, 0.717) is 12.1 Å². The second-order valence-corrected chi connectivity index (χ2v) is 4.93. The maximum atomic E-state index is 13.5. The predicted octanol–water partition coefficient (Wildman–Crippen LogP) is 2.53. The molecule has 1 saturated carbocycles. The highest BCUT2D eigenvalue weighted by atomic mass is 19.1. The lowest BCUT2D eigenvalue weighted by atomic mass is 9.92. The molecule has 1 aromatic carbocycles. The Kier molecular flexibility index (Phi) is 4.13. The van der Waals surface area contributed by atoms with E-state index in [9.17, 15) is 9.50 Å². The van der Waals surface area contributed by atoms with Gasteiger partial charge in [0.2, 0.25) is 0 Å². The summed E-state index contributed by atoms with van der Waals surface area (Å²) in [7, 11) is 0. The van der Waals surface area contributed by atoms with Crippen LogP contribution in [0, 0.1) is 12.7 Å². The van der Waals surface area contributed by atoms with Gasteiger partial charge in [-0.3, -0.25) is 0 Å². The van der Waals surface area contributed by atoms with Crippen molar-refractivity contribution in [1.29, 1.82) is 0 Å². The zero-order valence-electron chi connectivity index (χ0n) is 10.2. The van der Waals surface area contributed by atoms with Gasteiger partial charge in [-0.2, -0.15) is 0 Å². The van der Waals surface area contributed by atoms with Crippen molar-refractivity contribution in [3.8, 4) is 0 Å². The van der Waals surface area contributed by atoms with E-state index in [1.807, 2.05) is 13.0 Å². The quantitative estimate of drug-likeness (QED) is 0.846. The van der Waals surface area contributed by atoms with Gasteiger partial charge in [0.1, 0.15) is 5.82 Å². The Morgan fingerprint density at radius 1 is 1.35 bits per heavy atom. The molecule has 94 valence electrons. The van der Waals surface area contributed by atoms with E-state index in [-0.39, 0.29) is 18.0 Å². The summed E-state index contributed by atoms with van der Waals surface area (Å²) >= 11 is 0. The average Bonchev–Trinajstić information content (AvgIpc) is 2.32. The number of aryl methyl sites for hydroxylation is 1. The Labute approximate surface area is 102 Å². The molecule has 0 spiro atoms. The molecule has 0 heterocycles. The minimum atomic E-state index is -0.281. The van der Waals surface area contributed by atoms with Crippen molar-refractivity contribution in [2.75, 3.05) is 0 Å². The summed E-state index contributed by atoms with van der Waals surface area (Å²) in [6.07, 6.45) is 3.79. The molecule has 3 heteroatoms. The number of halogens is 1. The van der Waals surface area contributed by atoms with Crippen LogP contribution in [0.25, 0.3) is 0 Å². The summed E-state index contributed by atoms with van der Waals surface area (Å²) in [6, 6.07) is 5.25. The van der Waals surface area contributed by atoms with Crippen molar-refractivity contribution < 1.29 is 9.50 Å². The maximum absolute atomic E-state index is 13.5. The molecule has 1 aliphatic carbocycles. The number of rotatable bonds is 3. The first-order valence-corrected chi connectivity index (χ1v) is 6.33. The zero-order valence-corrected chi connectivity index (χ0v) is 10.2. The smallest absolute Gasteiger partial charge is 0.127 e. The van der Waals surface area contributed by atoms with E-state index in [1.54, 1.807) is 6.07 Å². The standard InChI is InChI=1S/C14H20FNO/c1-10-6-7-12(15)11(8-10)9-16-13-4-2-3-5-14(13)17/h6-8,13-14,16-17H,2-5,9H2,1H3. The third-order valence-electron chi connectivity index (χ3n) is 3.49. The predicted molar refractivity (Wildman–Crippen MR) is 66.2 cm³/mol. The molecule has 0 radical (unpaired) electrons. The van der Waals surface area contributed by atoms with Crippen molar-refractivity contribution in [2.24, 2.45) is 0 Å². The van der Waals surface area contributed by atoms with E-state index in [2.05, 4.69) is 5.32 Å². The van der Waals surface area contributed by atoms with Crippen molar-refractivity contribution in [1.82, 2.24) is 5.32 Å². The fraction of sp³-hybridized carbons (Fsp3) is 0.571. The molecule has 0 amide bonds. The highest BCUT2D eigenvalue weighted by molar-refractivity contribution is 5.24. The molecular formula is C14H20FNO. The molecule has 0 bridgehead atoms. The lowest BCUT2D eigenvalue weighted by molar-refractivity contribution is 0.0901. The van der Waals surface area contributed by atoms with Crippen molar-refractivity contribution in [3.05, 3.63) is 35.1 Å². The highest BCUT2D eigenvalue weighted by Gasteiger charge is 2.22. The molecule has 1 fully saturated rings. The van der Waals surface area contributed by atoms with Crippen LogP contribution in [-0.4, -0.2) is 17.3 Å². The van der Waals surface area contributed by atoms with E-state index >= 15 is 0 Å². The molecule has 2 rings (SSSR count). The summed E-state index contributed by atoms with van der Waals surface area (Å²) in [6.45, 7) is 2.45. The molecule has 2 N–H and O–H groups in total. The highest BCUT2D eigenvalue weighted by Crippen LogP contribution is 2.19. The summed E-state index contributed by atoms with van der Waals surface area (Å²) in [5.74, 6) is -0.173. The van der Waals surface area contributed by atoms with Crippen LogP contribution in [0.4, 0.5) is 4.39 Å². The first-order chi connectivity index (χ1) is 8.16. The fourth-order valence-corrected chi connectivity index (χ4v) is 2.43. The van der Waals surface area contributed by atoms with Crippen molar-refractivity contribution >= 4 is 0 Å².